The molecule has 0 radical (unpaired) electrons. The number of hydrogen-bond acceptors (Lipinski definition) is 2. The number of rotatable bonds is 16. The van der Waals surface area contributed by atoms with Crippen LogP contribution in [-0.2, 0) is 9.53 Å². The van der Waals surface area contributed by atoms with Crippen molar-refractivity contribution >= 4 is 5.97 Å². The van der Waals surface area contributed by atoms with Gasteiger partial charge >= 0.3 is 5.97 Å². The fraction of sp³-hybridized carbons (Fsp3) is 0.950. The first-order valence-electron chi connectivity index (χ1n) is 9.82. The van der Waals surface area contributed by atoms with Gasteiger partial charge in [0.25, 0.3) is 0 Å². The zero-order chi connectivity index (χ0) is 16.5. The molecule has 0 N–H and O–H groups in total. The van der Waals surface area contributed by atoms with Crippen LogP contribution in [0.2, 0.25) is 0 Å². The van der Waals surface area contributed by atoms with E-state index in [0.717, 1.165) is 18.8 Å². The lowest BCUT2D eigenvalue weighted by molar-refractivity contribution is -0.143. The molecule has 0 saturated carbocycles. The van der Waals surface area contributed by atoms with Crippen LogP contribution in [0, 0.1) is 5.92 Å². The Hall–Kier alpha value is -0.530. The van der Waals surface area contributed by atoms with Crippen LogP contribution >= 0.6 is 0 Å². The molecule has 22 heavy (non-hydrogen) atoms. The van der Waals surface area contributed by atoms with Crippen molar-refractivity contribution in [2.45, 2.75) is 111 Å². The molecule has 0 aliphatic carbocycles. The summed E-state index contributed by atoms with van der Waals surface area (Å²) in [6, 6.07) is 0. The number of hydrogen-bond donors (Lipinski definition) is 0. The highest BCUT2D eigenvalue weighted by Crippen LogP contribution is 2.12. The smallest absolute Gasteiger partial charge is 0.305 e. The second kappa shape index (κ2) is 16.8. The van der Waals surface area contributed by atoms with Gasteiger partial charge in [-0.1, -0.05) is 91.4 Å². The number of carbonyl (C=O) groups excluding carboxylic acids is 1. The predicted octanol–water partition coefficient (Wildman–Crippen LogP) is 6.67. The summed E-state index contributed by atoms with van der Waals surface area (Å²) in [6.07, 6.45) is 16.9. The number of esters is 1. The van der Waals surface area contributed by atoms with Crippen LogP contribution in [0.4, 0.5) is 0 Å². The molecule has 0 heterocycles. The minimum Gasteiger partial charge on any atom is -0.466 e. The van der Waals surface area contributed by atoms with E-state index >= 15 is 0 Å². The highest BCUT2D eigenvalue weighted by Gasteiger charge is 2.02. The molecule has 0 aromatic rings. The lowest BCUT2D eigenvalue weighted by atomic mass is 10.0. The minimum absolute atomic E-state index is 0.00775. The normalized spacial score (nSPS) is 11.1. The summed E-state index contributed by atoms with van der Waals surface area (Å²) >= 11 is 0. The zero-order valence-corrected chi connectivity index (χ0v) is 15.5. The van der Waals surface area contributed by atoms with Crippen LogP contribution in [-0.4, -0.2) is 12.6 Å². The summed E-state index contributed by atoms with van der Waals surface area (Å²) in [5, 5.41) is 0. The van der Waals surface area contributed by atoms with Crippen LogP contribution in [0.15, 0.2) is 0 Å². The average molecular weight is 313 g/mol. The fourth-order valence-corrected chi connectivity index (χ4v) is 2.67. The highest BCUT2D eigenvalue weighted by molar-refractivity contribution is 5.69. The van der Waals surface area contributed by atoms with Crippen molar-refractivity contribution < 1.29 is 9.53 Å². The Balaban J connectivity index is 3.16. The predicted molar refractivity (Wildman–Crippen MR) is 96.1 cm³/mol. The van der Waals surface area contributed by atoms with Crippen LogP contribution in [0.1, 0.15) is 111 Å². The van der Waals surface area contributed by atoms with Gasteiger partial charge in [-0.3, -0.25) is 4.79 Å². The second-order valence-electron chi connectivity index (χ2n) is 7.04. The van der Waals surface area contributed by atoms with Crippen molar-refractivity contribution in [2.24, 2.45) is 5.92 Å². The first kappa shape index (κ1) is 21.5. The standard InChI is InChI=1S/C20H40O2/c1-4-5-6-7-12-15-18-22-20(21)17-14-11-9-8-10-13-16-19(2)3/h19H,4-18H2,1-3H3. The molecule has 0 aliphatic heterocycles. The van der Waals surface area contributed by atoms with Gasteiger partial charge in [-0.2, -0.15) is 0 Å². The summed E-state index contributed by atoms with van der Waals surface area (Å²) < 4.78 is 5.28. The average Bonchev–Trinajstić information content (AvgIpc) is 2.48. The van der Waals surface area contributed by atoms with Gasteiger partial charge < -0.3 is 4.74 Å². The molecule has 2 nitrogen and oxygen atoms in total. The van der Waals surface area contributed by atoms with E-state index in [1.54, 1.807) is 0 Å². The largest absolute Gasteiger partial charge is 0.466 e. The summed E-state index contributed by atoms with van der Waals surface area (Å²) in [5.41, 5.74) is 0. The quantitative estimate of drug-likeness (QED) is 0.235. The second-order valence-corrected chi connectivity index (χ2v) is 7.04. The van der Waals surface area contributed by atoms with E-state index in [0.29, 0.717) is 13.0 Å². The van der Waals surface area contributed by atoms with Crippen LogP contribution < -0.4 is 0 Å². The Morgan fingerprint density at radius 3 is 1.95 bits per heavy atom. The van der Waals surface area contributed by atoms with Crippen molar-refractivity contribution in [3.63, 3.8) is 0 Å². The molecule has 0 atom stereocenters. The Morgan fingerprint density at radius 1 is 0.773 bits per heavy atom. The molecule has 2 heteroatoms. The zero-order valence-electron chi connectivity index (χ0n) is 15.5. The third-order valence-electron chi connectivity index (χ3n) is 4.17. The van der Waals surface area contributed by atoms with Crippen molar-refractivity contribution in [3.8, 4) is 0 Å². The summed E-state index contributed by atoms with van der Waals surface area (Å²) in [5.74, 6) is 0.842. The molecule has 0 spiro atoms. The number of unbranched alkanes of at least 4 members (excludes halogenated alkanes) is 10. The lowest BCUT2D eigenvalue weighted by Gasteiger charge is -2.06. The first-order valence-corrected chi connectivity index (χ1v) is 9.82. The molecule has 0 aromatic carbocycles. The van der Waals surface area contributed by atoms with Crippen molar-refractivity contribution in [3.05, 3.63) is 0 Å². The van der Waals surface area contributed by atoms with E-state index in [4.69, 9.17) is 4.74 Å². The topological polar surface area (TPSA) is 26.3 Å². The third kappa shape index (κ3) is 17.5. The number of ether oxygens (including phenoxy) is 1. The molecule has 0 saturated heterocycles. The molecule has 0 amide bonds. The lowest BCUT2D eigenvalue weighted by Crippen LogP contribution is -2.05. The van der Waals surface area contributed by atoms with Gasteiger partial charge in [-0.25, -0.2) is 0 Å². The van der Waals surface area contributed by atoms with Gasteiger partial charge in [-0.15, -0.1) is 0 Å². The maximum absolute atomic E-state index is 11.6. The summed E-state index contributed by atoms with van der Waals surface area (Å²) in [4.78, 5) is 11.6. The maximum Gasteiger partial charge on any atom is 0.305 e. The molecule has 0 aromatic heterocycles. The van der Waals surface area contributed by atoms with Crippen molar-refractivity contribution in [1.29, 1.82) is 0 Å². The Labute approximate surface area is 139 Å². The minimum atomic E-state index is 0.00775. The highest BCUT2D eigenvalue weighted by atomic mass is 16.5. The summed E-state index contributed by atoms with van der Waals surface area (Å²) in [6.45, 7) is 7.43. The fourth-order valence-electron chi connectivity index (χ4n) is 2.67. The molecule has 132 valence electrons. The van der Waals surface area contributed by atoms with Gasteiger partial charge in [0.15, 0.2) is 0 Å². The van der Waals surface area contributed by atoms with Gasteiger partial charge in [0.1, 0.15) is 0 Å². The van der Waals surface area contributed by atoms with Gasteiger partial charge in [0, 0.05) is 6.42 Å². The van der Waals surface area contributed by atoms with Crippen molar-refractivity contribution in [1.82, 2.24) is 0 Å². The monoisotopic (exact) mass is 312 g/mol. The SMILES string of the molecule is CCCCCCCCOC(=O)CCCCCCCCC(C)C. The Morgan fingerprint density at radius 2 is 1.32 bits per heavy atom. The van der Waals surface area contributed by atoms with E-state index in [1.165, 1.54) is 70.6 Å². The maximum atomic E-state index is 11.6. The first-order chi connectivity index (χ1) is 10.7. The number of carbonyl (C=O) groups is 1. The molecule has 0 unspecified atom stereocenters. The third-order valence-corrected chi connectivity index (χ3v) is 4.17. The molecular weight excluding hydrogens is 272 g/mol. The van der Waals surface area contributed by atoms with Gasteiger partial charge in [0.2, 0.25) is 0 Å². The molecule has 0 bridgehead atoms. The molecule has 0 fully saturated rings. The van der Waals surface area contributed by atoms with E-state index in [1.807, 2.05) is 0 Å². The van der Waals surface area contributed by atoms with Crippen LogP contribution in [0.25, 0.3) is 0 Å². The molecule has 0 rings (SSSR count). The van der Waals surface area contributed by atoms with Crippen molar-refractivity contribution in [2.75, 3.05) is 6.61 Å². The Bertz CT molecular complexity index is 236. The molecule has 0 aliphatic rings. The van der Waals surface area contributed by atoms with E-state index in [2.05, 4.69) is 20.8 Å². The van der Waals surface area contributed by atoms with E-state index in [9.17, 15) is 4.79 Å². The van der Waals surface area contributed by atoms with Gasteiger partial charge in [0.05, 0.1) is 6.61 Å². The van der Waals surface area contributed by atoms with Gasteiger partial charge in [-0.05, 0) is 18.8 Å². The van der Waals surface area contributed by atoms with Crippen LogP contribution in [0.5, 0.6) is 0 Å². The molecular formula is C20H40O2. The van der Waals surface area contributed by atoms with Crippen LogP contribution in [0.3, 0.4) is 0 Å². The Kier molecular flexibility index (Phi) is 16.4. The van der Waals surface area contributed by atoms with E-state index < -0.39 is 0 Å². The van der Waals surface area contributed by atoms with E-state index in [-0.39, 0.29) is 5.97 Å². The summed E-state index contributed by atoms with van der Waals surface area (Å²) in [7, 11) is 0.